The lowest BCUT2D eigenvalue weighted by molar-refractivity contribution is -0.136. The fourth-order valence-electron chi connectivity index (χ4n) is 1.80. The molecule has 22 heavy (non-hydrogen) atoms. The van der Waals surface area contributed by atoms with Gasteiger partial charge < -0.3 is 10.8 Å². The minimum atomic E-state index is -4.49. The molecule has 3 N–H and O–H groups in total. The summed E-state index contributed by atoms with van der Waals surface area (Å²) < 4.78 is 37.8. The molecule has 0 amide bonds. The Morgan fingerprint density at radius 3 is 2.41 bits per heavy atom. The Hall–Kier alpha value is -2.83. The van der Waals surface area contributed by atoms with E-state index < -0.39 is 17.7 Å². The molecular formula is C15H11F3N2O2. The molecule has 0 spiro atoms. The molecule has 4 nitrogen and oxygen atoms in total. The third-order valence-corrected chi connectivity index (χ3v) is 2.86. The van der Waals surface area contributed by atoms with E-state index in [1.807, 2.05) is 0 Å². The quantitative estimate of drug-likeness (QED) is 0.850. The van der Waals surface area contributed by atoms with Crippen LogP contribution in [0.1, 0.15) is 27.0 Å². The number of nitrogens with zero attached hydrogens (tertiary/aromatic N) is 1. The predicted molar refractivity (Wildman–Crippen MR) is 76.0 cm³/mol. The summed E-state index contributed by atoms with van der Waals surface area (Å²) in [6.07, 6.45) is 1.22. The minimum Gasteiger partial charge on any atom is -0.478 e. The van der Waals surface area contributed by atoms with E-state index in [1.165, 1.54) is 36.7 Å². The molecule has 0 saturated heterocycles. The lowest BCUT2D eigenvalue weighted by atomic mass is 10.1. The highest BCUT2D eigenvalue weighted by Crippen LogP contribution is 2.34. The molecule has 0 aliphatic carbocycles. The summed E-state index contributed by atoms with van der Waals surface area (Å²) in [6, 6.07) is 4.79. The Morgan fingerprint density at radius 2 is 1.82 bits per heavy atom. The van der Waals surface area contributed by atoms with Gasteiger partial charge in [0.25, 0.3) is 0 Å². The second kappa shape index (κ2) is 5.88. The van der Waals surface area contributed by atoms with Crippen LogP contribution in [0.3, 0.4) is 0 Å². The van der Waals surface area contributed by atoms with Crippen LogP contribution in [0.4, 0.5) is 18.9 Å². The standard InChI is InChI=1S/C15H11F3N2O2/c16-15(17,18)12-4-3-9(6-13(12)19)1-2-10-5-11(14(21)22)8-20-7-10/h1-8H,19H2,(H,21,22)/b2-1+. The van der Waals surface area contributed by atoms with E-state index >= 15 is 0 Å². The molecule has 0 aliphatic rings. The number of alkyl halides is 3. The Balaban J connectivity index is 2.26. The molecule has 0 unspecified atom stereocenters. The van der Waals surface area contributed by atoms with Gasteiger partial charge in [-0.3, -0.25) is 4.98 Å². The number of halogens is 3. The normalized spacial score (nSPS) is 11.8. The Bertz CT molecular complexity index is 740. The third-order valence-electron chi connectivity index (χ3n) is 2.86. The van der Waals surface area contributed by atoms with Gasteiger partial charge in [-0.2, -0.15) is 13.2 Å². The molecule has 0 saturated carbocycles. The maximum absolute atomic E-state index is 12.6. The Labute approximate surface area is 123 Å². The second-order valence-corrected chi connectivity index (χ2v) is 4.49. The van der Waals surface area contributed by atoms with Gasteiger partial charge in [-0.25, -0.2) is 4.79 Å². The monoisotopic (exact) mass is 308 g/mol. The van der Waals surface area contributed by atoms with Crippen LogP contribution in [-0.2, 0) is 6.18 Å². The number of anilines is 1. The second-order valence-electron chi connectivity index (χ2n) is 4.49. The number of carboxylic acids is 1. The molecule has 0 fully saturated rings. The highest BCUT2D eigenvalue weighted by Gasteiger charge is 2.32. The largest absolute Gasteiger partial charge is 0.478 e. The van der Waals surface area contributed by atoms with Gasteiger partial charge in [-0.15, -0.1) is 0 Å². The molecule has 2 rings (SSSR count). The number of aromatic nitrogens is 1. The number of hydrogen-bond donors (Lipinski definition) is 2. The summed E-state index contributed by atoms with van der Waals surface area (Å²) >= 11 is 0. The maximum atomic E-state index is 12.6. The van der Waals surface area contributed by atoms with Crippen LogP contribution in [0, 0.1) is 0 Å². The van der Waals surface area contributed by atoms with Crippen molar-refractivity contribution in [3.63, 3.8) is 0 Å². The van der Waals surface area contributed by atoms with Gasteiger partial charge in [0.2, 0.25) is 0 Å². The van der Waals surface area contributed by atoms with Crippen molar-refractivity contribution in [3.05, 3.63) is 58.9 Å². The van der Waals surface area contributed by atoms with E-state index in [4.69, 9.17) is 10.8 Å². The molecule has 7 heteroatoms. The third kappa shape index (κ3) is 3.63. The number of rotatable bonds is 3. The van der Waals surface area contributed by atoms with Crippen LogP contribution in [0.25, 0.3) is 12.2 Å². The van der Waals surface area contributed by atoms with Gasteiger partial charge in [0.1, 0.15) is 0 Å². The van der Waals surface area contributed by atoms with Crippen molar-refractivity contribution in [2.24, 2.45) is 0 Å². The lowest BCUT2D eigenvalue weighted by Crippen LogP contribution is -2.08. The lowest BCUT2D eigenvalue weighted by Gasteiger charge is -2.10. The fourth-order valence-corrected chi connectivity index (χ4v) is 1.80. The number of hydrogen-bond acceptors (Lipinski definition) is 3. The van der Waals surface area contributed by atoms with Crippen molar-refractivity contribution >= 4 is 23.8 Å². The average Bonchev–Trinajstić information content (AvgIpc) is 2.44. The highest BCUT2D eigenvalue weighted by molar-refractivity contribution is 5.88. The Kier molecular flexibility index (Phi) is 4.16. The van der Waals surface area contributed by atoms with Crippen molar-refractivity contribution in [2.75, 3.05) is 5.73 Å². The molecule has 1 aromatic carbocycles. The molecule has 1 aromatic heterocycles. The SMILES string of the molecule is Nc1cc(/C=C/c2cncc(C(=O)O)c2)ccc1C(F)(F)F. The zero-order chi connectivity index (χ0) is 16.3. The molecule has 2 aromatic rings. The minimum absolute atomic E-state index is 0.0223. The molecule has 0 atom stereocenters. The molecular weight excluding hydrogens is 297 g/mol. The smallest absolute Gasteiger partial charge is 0.418 e. The van der Waals surface area contributed by atoms with E-state index in [0.29, 0.717) is 11.1 Å². The first-order valence-corrected chi connectivity index (χ1v) is 6.10. The van der Waals surface area contributed by atoms with Gasteiger partial charge in [0.05, 0.1) is 11.1 Å². The molecule has 114 valence electrons. The van der Waals surface area contributed by atoms with Crippen LogP contribution in [0.15, 0.2) is 36.7 Å². The van der Waals surface area contributed by atoms with Crippen LogP contribution in [0.2, 0.25) is 0 Å². The summed E-state index contributed by atoms with van der Waals surface area (Å²) in [6.45, 7) is 0. The molecule has 0 aliphatic heterocycles. The zero-order valence-corrected chi connectivity index (χ0v) is 11.1. The fraction of sp³-hybridized carbons (Fsp3) is 0.0667. The molecule has 0 radical (unpaired) electrons. The summed E-state index contributed by atoms with van der Waals surface area (Å²) in [5.41, 5.74) is 5.14. The predicted octanol–water partition coefficient (Wildman–Crippen LogP) is 3.55. The van der Waals surface area contributed by atoms with Crippen LogP contribution >= 0.6 is 0 Å². The number of carbonyl (C=O) groups is 1. The number of pyridine rings is 1. The van der Waals surface area contributed by atoms with E-state index in [2.05, 4.69) is 4.98 Å². The van der Waals surface area contributed by atoms with Gasteiger partial charge in [0.15, 0.2) is 0 Å². The molecule has 0 bridgehead atoms. The number of nitrogen functional groups attached to an aromatic ring is 1. The van der Waals surface area contributed by atoms with Gasteiger partial charge >= 0.3 is 12.1 Å². The van der Waals surface area contributed by atoms with Crippen LogP contribution in [0.5, 0.6) is 0 Å². The van der Waals surface area contributed by atoms with Crippen molar-refractivity contribution < 1.29 is 23.1 Å². The first-order chi connectivity index (χ1) is 10.3. The van der Waals surface area contributed by atoms with Crippen LogP contribution < -0.4 is 5.73 Å². The maximum Gasteiger partial charge on any atom is 0.418 e. The number of nitrogens with two attached hydrogens (primary N) is 1. The van der Waals surface area contributed by atoms with Gasteiger partial charge in [0, 0.05) is 18.1 Å². The van der Waals surface area contributed by atoms with Crippen molar-refractivity contribution in [1.82, 2.24) is 4.98 Å². The van der Waals surface area contributed by atoms with Gasteiger partial charge in [-0.1, -0.05) is 18.2 Å². The van der Waals surface area contributed by atoms with Crippen molar-refractivity contribution in [2.45, 2.75) is 6.18 Å². The summed E-state index contributed by atoms with van der Waals surface area (Å²) in [5.74, 6) is -1.11. The van der Waals surface area contributed by atoms with E-state index in [0.717, 1.165) is 6.07 Å². The highest BCUT2D eigenvalue weighted by atomic mass is 19.4. The summed E-state index contributed by atoms with van der Waals surface area (Å²) in [4.78, 5) is 14.6. The number of aromatic carboxylic acids is 1. The van der Waals surface area contributed by atoms with E-state index in [-0.39, 0.29) is 11.3 Å². The van der Waals surface area contributed by atoms with Gasteiger partial charge in [-0.05, 0) is 29.3 Å². The number of carboxylic acid groups (broad SMARTS) is 1. The molecule has 1 heterocycles. The average molecular weight is 308 g/mol. The van der Waals surface area contributed by atoms with Crippen molar-refractivity contribution in [1.29, 1.82) is 0 Å². The summed E-state index contributed by atoms with van der Waals surface area (Å²) in [7, 11) is 0. The van der Waals surface area contributed by atoms with E-state index in [9.17, 15) is 18.0 Å². The van der Waals surface area contributed by atoms with Crippen molar-refractivity contribution in [3.8, 4) is 0 Å². The van der Waals surface area contributed by atoms with Crippen LogP contribution in [-0.4, -0.2) is 16.1 Å². The van der Waals surface area contributed by atoms with E-state index in [1.54, 1.807) is 6.08 Å². The number of benzene rings is 1. The first-order valence-electron chi connectivity index (χ1n) is 6.10. The first kappa shape index (κ1) is 15.6. The topological polar surface area (TPSA) is 76.2 Å². The Morgan fingerprint density at radius 1 is 1.14 bits per heavy atom. The zero-order valence-electron chi connectivity index (χ0n) is 11.1. The summed E-state index contributed by atoms with van der Waals surface area (Å²) in [5, 5.41) is 8.85.